The molecule has 0 saturated carbocycles. The van der Waals surface area contributed by atoms with E-state index in [1.807, 2.05) is 12.1 Å². The van der Waals surface area contributed by atoms with Gasteiger partial charge in [0.25, 0.3) is 0 Å². The summed E-state index contributed by atoms with van der Waals surface area (Å²) in [5.74, 6) is -0.778. The quantitative estimate of drug-likeness (QED) is 0.401. The van der Waals surface area contributed by atoms with Crippen LogP contribution in [0.2, 0.25) is 0 Å². The molecular formula is C21H23O5-. The second-order valence-corrected chi connectivity index (χ2v) is 6.13. The summed E-state index contributed by atoms with van der Waals surface area (Å²) in [5.41, 5.74) is 1.28. The largest absolute Gasteiger partial charge is 0.550 e. The van der Waals surface area contributed by atoms with Crippen LogP contribution >= 0.6 is 0 Å². The lowest BCUT2D eigenvalue weighted by Gasteiger charge is -2.11. The molecule has 2 aromatic carbocycles. The molecule has 0 fully saturated rings. The van der Waals surface area contributed by atoms with Gasteiger partial charge in [0.15, 0.2) is 0 Å². The van der Waals surface area contributed by atoms with E-state index >= 15 is 0 Å². The Kier molecular flexibility index (Phi) is 7.68. The first-order valence-corrected chi connectivity index (χ1v) is 8.86. The molecule has 138 valence electrons. The van der Waals surface area contributed by atoms with Gasteiger partial charge in [-0.15, -0.1) is 0 Å². The van der Waals surface area contributed by atoms with Crippen LogP contribution in [0.15, 0.2) is 48.5 Å². The number of para-hydroxylation sites is 2. The van der Waals surface area contributed by atoms with Crippen molar-refractivity contribution in [3.05, 3.63) is 48.5 Å². The van der Waals surface area contributed by atoms with E-state index in [9.17, 15) is 19.8 Å². The standard InChI is InChI=1S/C21H24O5/c22-18-12-8-6-10-16(18)17-11-7-9-13-19(17)26-21(25)15-5-3-1-2-4-14-20(23)24/h6-13,22H,1-5,14-15H2,(H,23,24)/p-1. The maximum Gasteiger partial charge on any atom is 0.311 e. The highest BCUT2D eigenvalue weighted by molar-refractivity contribution is 5.80. The topological polar surface area (TPSA) is 86.7 Å². The molecule has 0 atom stereocenters. The molecule has 0 heterocycles. The van der Waals surface area contributed by atoms with Crippen molar-refractivity contribution in [3.8, 4) is 22.6 Å². The second kappa shape index (κ2) is 10.2. The van der Waals surface area contributed by atoms with Gasteiger partial charge in [0, 0.05) is 23.5 Å². The average molecular weight is 355 g/mol. The van der Waals surface area contributed by atoms with Gasteiger partial charge in [0.2, 0.25) is 0 Å². The Labute approximate surface area is 153 Å². The lowest BCUT2D eigenvalue weighted by molar-refractivity contribution is -0.305. The van der Waals surface area contributed by atoms with Crippen molar-refractivity contribution in [2.24, 2.45) is 0 Å². The highest BCUT2D eigenvalue weighted by Gasteiger charge is 2.12. The molecule has 2 rings (SSSR count). The van der Waals surface area contributed by atoms with Crippen molar-refractivity contribution in [2.75, 3.05) is 0 Å². The van der Waals surface area contributed by atoms with Crippen LogP contribution < -0.4 is 9.84 Å². The van der Waals surface area contributed by atoms with Crippen molar-refractivity contribution in [2.45, 2.75) is 44.9 Å². The summed E-state index contributed by atoms with van der Waals surface area (Å²) in [6, 6.07) is 14.0. The molecule has 0 aliphatic rings. The SMILES string of the molecule is O=C([O-])CCCCCCCC(=O)Oc1ccccc1-c1ccccc1O. The number of carbonyl (C=O) groups is 2. The molecule has 5 nitrogen and oxygen atoms in total. The highest BCUT2D eigenvalue weighted by atomic mass is 16.5. The zero-order valence-electron chi connectivity index (χ0n) is 14.6. The lowest BCUT2D eigenvalue weighted by Crippen LogP contribution is -2.21. The number of carboxylic acids is 1. The minimum absolute atomic E-state index is 0.0884. The van der Waals surface area contributed by atoms with E-state index in [1.165, 1.54) is 0 Å². The smallest absolute Gasteiger partial charge is 0.311 e. The number of esters is 1. The Hall–Kier alpha value is -2.82. The fourth-order valence-electron chi connectivity index (χ4n) is 2.72. The second-order valence-electron chi connectivity index (χ2n) is 6.13. The number of phenolic OH excluding ortho intramolecular Hbond substituents is 1. The van der Waals surface area contributed by atoms with Crippen LogP contribution in [0, 0.1) is 0 Å². The summed E-state index contributed by atoms with van der Waals surface area (Å²) in [6.07, 6.45) is 4.25. The van der Waals surface area contributed by atoms with Gasteiger partial charge in [-0.05, 0) is 31.4 Å². The summed E-state index contributed by atoms with van der Waals surface area (Å²) >= 11 is 0. The number of hydrogen-bond acceptors (Lipinski definition) is 5. The van der Waals surface area contributed by atoms with Crippen LogP contribution in [0.3, 0.4) is 0 Å². The Morgan fingerprint density at radius 3 is 2.08 bits per heavy atom. The van der Waals surface area contributed by atoms with Gasteiger partial charge in [-0.3, -0.25) is 4.79 Å². The molecule has 26 heavy (non-hydrogen) atoms. The van der Waals surface area contributed by atoms with Gasteiger partial charge in [-0.1, -0.05) is 55.7 Å². The predicted molar refractivity (Wildman–Crippen MR) is 96.5 cm³/mol. The van der Waals surface area contributed by atoms with E-state index in [0.717, 1.165) is 19.3 Å². The van der Waals surface area contributed by atoms with Gasteiger partial charge < -0.3 is 19.7 Å². The zero-order chi connectivity index (χ0) is 18.8. The molecule has 0 spiro atoms. The predicted octanol–water partition coefficient (Wildman–Crippen LogP) is 3.45. The molecule has 5 heteroatoms. The molecule has 2 aromatic rings. The number of ether oxygens (including phenoxy) is 1. The summed E-state index contributed by atoms with van der Waals surface area (Å²) in [6.45, 7) is 0. The highest BCUT2D eigenvalue weighted by Crippen LogP contribution is 2.35. The fraction of sp³-hybridized carbons (Fsp3) is 0.333. The Morgan fingerprint density at radius 1 is 0.808 bits per heavy atom. The molecular weight excluding hydrogens is 332 g/mol. The van der Waals surface area contributed by atoms with Crippen LogP contribution in [-0.4, -0.2) is 17.0 Å². The van der Waals surface area contributed by atoms with Crippen molar-refractivity contribution in [3.63, 3.8) is 0 Å². The first kappa shape index (κ1) is 19.5. The Balaban J connectivity index is 1.83. The number of aromatic hydroxyl groups is 1. The Morgan fingerprint density at radius 2 is 1.38 bits per heavy atom. The minimum Gasteiger partial charge on any atom is -0.550 e. The molecule has 0 aliphatic heterocycles. The third-order valence-corrected chi connectivity index (χ3v) is 4.07. The minimum atomic E-state index is -1.02. The number of benzene rings is 2. The average Bonchev–Trinajstić information content (AvgIpc) is 2.62. The molecule has 0 unspecified atom stereocenters. The monoisotopic (exact) mass is 355 g/mol. The lowest BCUT2D eigenvalue weighted by atomic mass is 10.0. The summed E-state index contributed by atoms with van der Waals surface area (Å²) in [4.78, 5) is 22.4. The van der Waals surface area contributed by atoms with E-state index in [0.29, 0.717) is 36.1 Å². The van der Waals surface area contributed by atoms with E-state index < -0.39 is 5.97 Å². The molecule has 0 amide bonds. The fourth-order valence-corrected chi connectivity index (χ4v) is 2.72. The molecule has 0 bridgehead atoms. The maximum atomic E-state index is 12.1. The van der Waals surface area contributed by atoms with Crippen molar-refractivity contribution < 1.29 is 24.5 Å². The number of hydrogen-bond donors (Lipinski definition) is 1. The first-order chi connectivity index (χ1) is 12.6. The van der Waals surface area contributed by atoms with Crippen LogP contribution in [0.5, 0.6) is 11.5 Å². The molecule has 0 radical (unpaired) electrons. The molecule has 1 N–H and O–H groups in total. The summed E-state index contributed by atoms with van der Waals surface area (Å²) in [5, 5.41) is 20.3. The van der Waals surface area contributed by atoms with Gasteiger partial charge in [-0.25, -0.2) is 0 Å². The Bertz CT molecular complexity index is 739. The van der Waals surface area contributed by atoms with Gasteiger partial charge >= 0.3 is 5.97 Å². The van der Waals surface area contributed by atoms with Crippen molar-refractivity contribution in [1.29, 1.82) is 0 Å². The number of rotatable bonds is 10. The van der Waals surface area contributed by atoms with Crippen LogP contribution in [-0.2, 0) is 9.59 Å². The summed E-state index contributed by atoms with van der Waals surface area (Å²) < 4.78 is 5.48. The van der Waals surface area contributed by atoms with Gasteiger partial charge in [-0.2, -0.15) is 0 Å². The van der Waals surface area contributed by atoms with E-state index in [2.05, 4.69) is 0 Å². The van der Waals surface area contributed by atoms with Gasteiger partial charge in [0.05, 0.1) is 0 Å². The number of aliphatic carboxylic acids is 1. The maximum absolute atomic E-state index is 12.1. The van der Waals surface area contributed by atoms with Crippen molar-refractivity contribution in [1.82, 2.24) is 0 Å². The molecule has 0 aromatic heterocycles. The normalized spacial score (nSPS) is 10.5. The first-order valence-electron chi connectivity index (χ1n) is 8.86. The molecule has 0 aliphatic carbocycles. The van der Waals surface area contributed by atoms with Gasteiger partial charge in [0.1, 0.15) is 11.5 Å². The number of carboxylic acid groups (broad SMARTS) is 1. The zero-order valence-corrected chi connectivity index (χ0v) is 14.6. The third-order valence-electron chi connectivity index (χ3n) is 4.07. The van der Waals surface area contributed by atoms with E-state index in [1.54, 1.807) is 36.4 Å². The van der Waals surface area contributed by atoms with Crippen LogP contribution in [0.25, 0.3) is 11.1 Å². The third kappa shape index (κ3) is 6.24. The number of unbranched alkanes of at least 4 members (excludes halogenated alkanes) is 4. The van der Waals surface area contributed by atoms with Crippen LogP contribution in [0.1, 0.15) is 44.9 Å². The van der Waals surface area contributed by atoms with E-state index in [-0.39, 0.29) is 18.1 Å². The number of carbonyl (C=O) groups excluding carboxylic acids is 2. The number of phenols is 1. The summed E-state index contributed by atoms with van der Waals surface area (Å²) in [7, 11) is 0. The molecule has 0 saturated heterocycles. The van der Waals surface area contributed by atoms with Crippen LogP contribution in [0.4, 0.5) is 0 Å². The van der Waals surface area contributed by atoms with Crippen molar-refractivity contribution >= 4 is 11.9 Å². The van der Waals surface area contributed by atoms with E-state index in [4.69, 9.17) is 4.74 Å².